The highest BCUT2D eigenvalue weighted by molar-refractivity contribution is 7.07. The monoisotopic (exact) mass is 354 g/mol. The van der Waals surface area contributed by atoms with E-state index in [0.717, 1.165) is 0 Å². The molecule has 6 nitrogen and oxygen atoms in total. The predicted octanol–water partition coefficient (Wildman–Crippen LogP) is 3.57. The van der Waals surface area contributed by atoms with Crippen molar-refractivity contribution in [2.75, 3.05) is 0 Å². The third-order valence-electron chi connectivity index (χ3n) is 3.37. The lowest BCUT2D eigenvalue weighted by atomic mass is 10.2. The average Bonchev–Trinajstić information content (AvgIpc) is 3.26. The first-order valence-corrected chi connectivity index (χ1v) is 8.35. The highest BCUT2D eigenvalue weighted by Crippen LogP contribution is 2.17. The largest absolute Gasteiger partial charge is 0.271 e. The molecule has 0 saturated heterocycles. The Labute approximate surface area is 148 Å². The Bertz CT molecular complexity index is 927. The molecule has 25 heavy (non-hydrogen) atoms. The second-order valence-corrected chi connectivity index (χ2v) is 5.80. The van der Waals surface area contributed by atoms with E-state index < -0.39 is 0 Å². The number of hydrogen-bond acceptors (Lipinski definition) is 6. The second kappa shape index (κ2) is 7.71. The van der Waals surface area contributed by atoms with Crippen molar-refractivity contribution in [1.29, 1.82) is 0 Å². The van der Waals surface area contributed by atoms with Gasteiger partial charge in [0.25, 0.3) is 0 Å². The minimum atomic E-state index is -0.287. The van der Waals surface area contributed by atoms with Gasteiger partial charge in [0, 0.05) is 23.3 Å². The first kappa shape index (κ1) is 16.8. The summed E-state index contributed by atoms with van der Waals surface area (Å²) in [5.74, 6) is 0.734. The van der Waals surface area contributed by atoms with Crippen LogP contribution in [0, 0.1) is 5.82 Å². The number of thiazole rings is 1. The molecular weight excluding hydrogens is 339 g/mol. The molecule has 0 radical (unpaired) electrons. The molecule has 8 heteroatoms. The summed E-state index contributed by atoms with van der Waals surface area (Å²) in [6.45, 7) is 5.41. The number of hydrogen-bond donors (Lipinski definition) is 0. The molecule has 3 rings (SSSR count). The van der Waals surface area contributed by atoms with Crippen molar-refractivity contribution in [1.82, 2.24) is 19.7 Å². The van der Waals surface area contributed by atoms with E-state index in [1.807, 2.05) is 5.38 Å². The van der Waals surface area contributed by atoms with Crippen LogP contribution in [-0.4, -0.2) is 32.2 Å². The number of nitrogens with zero attached hydrogens (tertiary/aromatic N) is 6. The van der Waals surface area contributed by atoms with Crippen molar-refractivity contribution in [3.8, 4) is 11.5 Å². The Kier molecular flexibility index (Phi) is 5.20. The van der Waals surface area contributed by atoms with Gasteiger partial charge in [0.15, 0.2) is 5.82 Å². The number of benzene rings is 1. The van der Waals surface area contributed by atoms with E-state index in [2.05, 4.69) is 31.8 Å². The van der Waals surface area contributed by atoms with Gasteiger partial charge in [0.2, 0.25) is 5.82 Å². The number of aromatic nitrogens is 4. The molecule has 0 unspecified atom stereocenters. The van der Waals surface area contributed by atoms with E-state index in [9.17, 15) is 4.39 Å². The van der Waals surface area contributed by atoms with E-state index in [-0.39, 0.29) is 12.4 Å². The van der Waals surface area contributed by atoms with Gasteiger partial charge in [-0.1, -0.05) is 18.2 Å². The molecule has 0 fully saturated rings. The van der Waals surface area contributed by atoms with E-state index in [4.69, 9.17) is 0 Å². The molecule has 0 spiro atoms. The van der Waals surface area contributed by atoms with Crippen LogP contribution >= 0.6 is 11.3 Å². The van der Waals surface area contributed by atoms with Crippen molar-refractivity contribution in [2.24, 2.45) is 9.98 Å². The molecule has 2 aromatic heterocycles. The highest BCUT2D eigenvalue weighted by atomic mass is 32.1. The molecule has 126 valence electrons. The number of rotatable bonds is 6. The lowest BCUT2D eigenvalue weighted by Crippen LogP contribution is -2.12. The van der Waals surface area contributed by atoms with Crippen LogP contribution in [0.2, 0.25) is 0 Å². The molecule has 0 N–H and O–H groups in total. The van der Waals surface area contributed by atoms with E-state index >= 15 is 0 Å². The maximum atomic E-state index is 14.0. The van der Waals surface area contributed by atoms with Crippen LogP contribution in [0.15, 0.2) is 57.5 Å². The zero-order valence-corrected chi connectivity index (χ0v) is 14.3. The minimum Gasteiger partial charge on any atom is -0.271 e. The summed E-state index contributed by atoms with van der Waals surface area (Å²) in [4.78, 5) is 16.6. The third-order valence-corrected chi connectivity index (χ3v) is 3.96. The molecule has 0 aliphatic heterocycles. The summed E-state index contributed by atoms with van der Waals surface area (Å²) < 4.78 is 15.6. The first-order chi connectivity index (χ1) is 12.2. The molecule has 0 aliphatic rings. The van der Waals surface area contributed by atoms with Crippen molar-refractivity contribution in [3.05, 3.63) is 64.8 Å². The Morgan fingerprint density at radius 3 is 2.92 bits per heavy atom. The fourth-order valence-corrected chi connectivity index (χ4v) is 2.72. The Morgan fingerprint density at radius 2 is 2.20 bits per heavy atom. The topological polar surface area (TPSA) is 68.3 Å². The van der Waals surface area contributed by atoms with Crippen LogP contribution in [0.4, 0.5) is 4.39 Å². The van der Waals surface area contributed by atoms with Crippen LogP contribution in [0.25, 0.3) is 11.5 Å². The molecule has 0 bridgehead atoms. The van der Waals surface area contributed by atoms with Crippen molar-refractivity contribution < 1.29 is 4.39 Å². The van der Waals surface area contributed by atoms with E-state index in [1.165, 1.54) is 29.8 Å². The Morgan fingerprint density at radius 1 is 1.36 bits per heavy atom. The number of halogens is 1. The van der Waals surface area contributed by atoms with Crippen molar-refractivity contribution in [2.45, 2.75) is 13.5 Å². The van der Waals surface area contributed by atoms with Gasteiger partial charge in [0.05, 0.1) is 17.8 Å². The lowest BCUT2D eigenvalue weighted by molar-refractivity contribution is 0.583. The fraction of sp³-hybridized carbons (Fsp3) is 0.118. The molecule has 3 aromatic rings. The molecule has 1 aromatic carbocycles. The lowest BCUT2D eigenvalue weighted by Gasteiger charge is -2.06. The SMILES string of the molecule is C=N/C=C\N=C(/C)c1nc(-c2cscn2)nn1Cc1ccccc1F. The fourth-order valence-electron chi connectivity index (χ4n) is 2.19. The van der Waals surface area contributed by atoms with Crippen LogP contribution in [0.3, 0.4) is 0 Å². The molecule has 2 heterocycles. The Balaban J connectivity index is 2.02. The first-order valence-electron chi connectivity index (χ1n) is 7.41. The third kappa shape index (κ3) is 3.92. The molecule has 0 amide bonds. The van der Waals surface area contributed by atoms with Gasteiger partial charge in [0.1, 0.15) is 11.5 Å². The summed E-state index contributed by atoms with van der Waals surface area (Å²) in [7, 11) is 0. The van der Waals surface area contributed by atoms with Gasteiger partial charge in [-0.3, -0.25) is 9.98 Å². The van der Waals surface area contributed by atoms with Gasteiger partial charge in [-0.05, 0) is 19.7 Å². The maximum Gasteiger partial charge on any atom is 0.201 e. The average molecular weight is 354 g/mol. The molecular formula is C17H15FN6S. The van der Waals surface area contributed by atoms with Gasteiger partial charge in [-0.2, -0.15) is 0 Å². The minimum absolute atomic E-state index is 0.245. The van der Waals surface area contributed by atoms with Gasteiger partial charge in [-0.25, -0.2) is 19.0 Å². The summed E-state index contributed by atoms with van der Waals surface area (Å²) in [5, 5.41) is 6.34. The van der Waals surface area contributed by atoms with E-state index in [0.29, 0.717) is 28.6 Å². The van der Waals surface area contributed by atoms with Crippen LogP contribution in [-0.2, 0) is 6.54 Å². The van der Waals surface area contributed by atoms with Gasteiger partial charge >= 0.3 is 0 Å². The van der Waals surface area contributed by atoms with Gasteiger partial charge in [-0.15, -0.1) is 16.4 Å². The van der Waals surface area contributed by atoms with Crippen LogP contribution < -0.4 is 0 Å². The molecule has 0 saturated carbocycles. The summed E-state index contributed by atoms with van der Waals surface area (Å²) in [6, 6.07) is 6.58. The maximum absolute atomic E-state index is 14.0. The van der Waals surface area contributed by atoms with Crippen molar-refractivity contribution in [3.63, 3.8) is 0 Å². The Hall–Kier alpha value is -3.00. The smallest absolute Gasteiger partial charge is 0.201 e. The van der Waals surface area contributed by atoms with Crippen molar-refractivity contribution >= 4 is 23.8 Å². The van der Waals surface area contributed by atoms with Crippen LogP contribution in [0.1, 0.15) is 18.3 Å². The molecule has 0 aliphatic carbocycles. The quantitative estimate of drug-likeness (QED) is 0.636. The summed E-state index contributed by atoms with van der Waals surface area (Å²) in [6.07, 6.45) is 3.00. The second-order valence-electron chi connectivity index (χ2n) is 5.08. The zero-order chi connectivity index (χ0) is 17.6. The zero-order valence-electron chi connectivity index (χ0n) is 13.5. The normalized spacial score (nSPS) is 12.0. The van der Waals surface area contributed by atoms with Crippen LogP contribution in [0.5, 0.6) is 0 Å². The molecule has 0 atom stereocenters. The summed E-state index contributed by atoms with van der Waals surface area (Å²) >= 11 is 1.46. The van der Waals surface area contributed by atoms with Gasteiger partial charge < -0.3 is 0 Å². The summed E-state index contributed by atoms with van der Waals surface area (Å²) in [5.41, 5.74) is 3.54. The van der Waals surface area contributed by atoms with E-state index in [1.54, 1.807) is 35.3 Å². The highest BCUT2D eigenvalue weighted by Gasteiger charge is 2.16. The standard InChI is InChI=1S/C17H15FN6S/c1-12(20-8-7-19-2)17-22-16(15-10-25-11-21-15)23-24(17)9-13-5-3-4-6-14(13)18/h3-8,10-11H,2,9H2,1H3/b8-7-,20-12+. The number of aliphatic imine (C=N–C) groups is 2. The predicted molar refractivity (Wildman–Crippen MR) is 97.5 cm³/mol.